The fraction of sp³-hybridized carbons (Fsp3) is 0. The van der Waals surface area contributed by atoms with Gasteiger partial charge in [-0.1, -0.05) is 224 Å². The van der Waals surface area contributed by atoms with Gasteiger partial charge in [0.05, 0.1) is 0 Å². The lowest BCUT2D eigenvalue weighted by Crippen LogP contribution is -2.10. The van der Waals surface area contributed by atoms with E-state index in [4.69, 9.17) is 0 Å². The average Bonchev–Trinajstić information content (AvgIpc) is 3.40. The molecule has 0 atom stereocenters. The van der Waals surface area contributed by atoms with Crippen molar-refractivity contribution in [3.63, 3.8) is 0 Å². The van der Waals surface area contributed by atoms with E-state index in [2.05, 4.69) is 278 Å². The van der Waals surface area contributed by atoms with Crippen LogP contribution in [-0.2, 0) is 0 Å². The Labute approximate surface area is 381 Å². The largest absolute Gasteiger partial charge is 0.310 e. The van der Waals surface area contributed by atoms with Crippen LogP contribution in [0.1, 0.15) is 0 Å². The van der Waals surface area contributed by atoms with Gasteiger partial charge in [0, 0.05) is 17.1 Å². The van der Waals surface area contributed by atoms with E-state index in [1.54, 1.807) is 0 Å². The van der Waals surface area contributed by atoms with Gasteiger partial charge < -0.3 is 4.90 Å². The Balaban J connectivity index is 0.909. The van der Waals surface area contributed by atoms with E-state index in [1.807, 2.05) is 0 Å². The Morgan fingerprint density at radius 3 is 1.09 bits per heavy atom. The number of fused-ring (bicyclic) bond motifs is 1. The quantitative estimate of drug-likeness (QED) is 0.133. The minimum Gasteiger partial charge on any atom is -0.310 e. The van der Waals surface area contributed by atoms with E-state index in [-0.39, 0.29) is 0 Å². The summed E-state index contributed by atoms with van der Waals surface area (Å²) in [6.07, 6.45) is 0. The van der Waals surface area contributed by atoms with Crippen LogP contribution in [0.2, 0.25) is 0 Å². The molecule has 0 heterocycles. The van der Waals surface area contributed by atoms with Crippen LogP contribution >= 0.6 is 0 Å². The molecule has 306 valence electrons. The molecular formula is C64H45N. The highest BCUT2D eigenvalue weighted by Gasteiger charge is 2.16. The van der Waals surface area contributed by atoms with Crippen LogP contribution in [0.25, 0.3) is 88.7 Å². The first-order valence-electron chi connectivity index (χ1n) is 22.3. The molecule has 1 heteroatoms. The number of hydrogen-bond donors (Lipinski definition) is 0. The standard InChI is InChI=1S/C64H45N/c1-3-13-46(14-4-1)48-25-27-49(28-26-48)51-35-39-60(40-36-51)65(62-22-12-21-59(45-62)64-24-10-9-23-63(64)54-16-5-2-6-17-54)61-41-37-52(38-42-61)50-29-31-53(32-30-50)56-19-11-20-57(43-56)58-34-33-47-15-7-8-18-55(47)44-58/h1-45H. The Morgan fingerprint density at radius 1 is 0.169 bits per heavy atom. The summed E-state index contributed by atoms with van der Waals surface area (Å²) in [5.41, 5.74) is 20.1. The van der Waals surface area contributed by atoms with Gasteiger partial charge in [-0.2, -0.15) is 0 Å². The SMILES string of the molecule is c1ccc(-c2ccc(-c3ccc(N(c4ccc(-c5ccc(-c6cccc(-c7ccc8ccccc8c7)c6)cc5)cc4)c4cccc(-c5ccccc5-c5ccccc5)c4)cc3)cc2)cc1. The molecule has 11 rings (SSSR count). The second-order valence-corrected chi connectivity index (χ2v) is 16.6. The molecule has 0 fully saturated rings. The zero-order valence-corrected chi connectivity index (χ0v) is 35.9. The van der Waals surface area contributed by atoms with Gasteiger partial charge >= 0.3 is 0 Å². The number of rotatable bonds is 10. The van der Waals surface area contributed by atoms with Crippen LogP contribution in [-0.4, -0.2) is 0 Å². The lowest BCUT2D eigenvalue weighted by molar-refractivity contribution is 1.28. The average molecular weight is 828 g/mol. The third-order valence-corrected chi connectivity index (χ3v) is 12.5. The number of benzene rings is 11. The molecule has 0 aliphatic heterocycles. The molecule has 0 amide bonds. The third kappa shape index (κ3) is 8.27. The van der Waals surface area contributed by atoms with E-state index in [1.165, 1.54) is 88.7 Å². The first-order valence-corrected chi connectivity index (χ1v) is 22.3. The minimum atomic E-state index is 1.09. The Morgan fingerprint density at radius 2 is 0.523 bits per heavy atom. The van der Waals surface area contributed by atoms with Gasteiger partial charge in [0.15, 0.2) is 0 Å². The summed E-state index contributed by atoms with van der Waals surface area (Å²) in [5.74, 6) is 0. The van der Waals surface area contributed by atoms with Crippen molar-refractivity contribution in [2.24, 2.45) is 0 Å². The van der Waals surface area contributed by atoms with Gasteiger partial charge in [-0.25, -0.2) is 0 Å². The van der Waals surface area contributed by atoms with Crippen LogP contribution in [0.4, 0.5) is 17.1 Å². The lowest BCUT2D eigenvalue weighted by Gasteiger charge is -2.26. The minimum absolute atomic E-state index is 1.09. The van der Waals surface area contributed by atoms with Crippen LogP contribution in [0.5, 0.6) is 0 Å². The normalized spacial score (nSPS) is 11.1. The van der Waals surface area contributed by atoms with E-state index in [0.717, 1.165) is 17.1 Å². The molecule has 0 radical (unpaired) electrons. The topological polar surface area (TPSA) is 3.24 Å². The van der Waals surface area contributed by atoms with Gasteiger partial charge in [-0.05, 0) is 137 Å². The van der Waals surface area contributed by atoms with Crippen LogP contribution < -0.4 is 4.90 Å². The van der Waals surface area contributed by atoms with Crippen LogP contribution in [0, 0.1) is 0 Å². The van der Waals surface area contributed by atoms with E-state index < -0.39 is 0 Å². The van der Waals surface area contributed by atoms with E-state index in [9.17, 15) is 0 Å². The number of hydrogen-bond acceptors (Lipinski definition) is 1. The maximum Gasteiger partial charge on any atom is 0.0467 e. The highest BCUT2D eigenvalue weighted by Crippen LogP contribution is 2.41. The lowest BCUT2D eigenvalue weighted by atomic mass is 9.94. The fourth-order valence-corrected chi connectivity index (χ4v) is 9.06. The molecule has 0 aliphatic rings. The van der Waals surface area contributed by atoms with Gasteiger partial charge in [-0.15, -0.1) is 0 Å². The first-order chi connectivity index (χ1) is 32.2. The molecule has 1 nitrogen and oxygen atoms in total. The zero-order chi connectivity index (χ0) is 43.4. The molecule has 0 spiro atoms. The number of nitrogens with zero attached hydrogens (tertiary/aromatic N) is 1. The van der Waals surface area contributed by atoms with Crippen molar-refractivity contribution < 1.29 is 0 Å². The van der Waals surface area contributed by atoms with Gasteiger partial charge in [-0.3, -0.25) is 0 Å². The molecule has 65 heavy (non-hydrogen) atoms. The summed E-state index contributed by atoms with van der Waals surface area (Å²) < 4.78 is 0. The summed E-state index contributed by atoms with van der Waals surface area (Å²) in [7, 11) is 0. The smallest absolute Gasteiger partial charge is 0.0467 e. The van der Waals surface area contributed by atoms with Crippen molar-refractivity contribution in [1.82, 2.24) is 0 Å². The molecule has 0 N–H and O–H groups in total. The van der Waals surface area contributed by atoms with E-state index >= 15 is 0 Å². The van der Waals surface area contributed by atoms with Crippen molar-refractivity contribution in [3.05, 3.63) is 273 Å². The van der Waals surface area contributed by atoms with Gasteiger partial charge in [0.25, 0.3) is 0 Å². The summed E-state index contributed by atoms with van der Waals surface area (Å²) in [4.78, 5) is 2.37. The molecule has 0 bridgehead atoms. The molecule has 0 saturated heterocycles. The predicted octanol–water partition coefficient (Wildman–Crippen LogP) is 18.0. The van der Waals surface area contributed by atoms with Crippen molar-refractivity contribution >= 4 is 27.8 Å². The van der Waals surface area contributed by atoms with Gasteiger partial charge in [0.1, 0.15) is 0 Å². The van der Waals surface area contributed by atoms with E-state index in [0.29, 0.717) is 0 Å². The van der Waals surface area contributed by atoms with Crippen molar-refractivity contribution in [2.75, 3.05) is 4.90 Å². The maximum absolute atomic E-state index is 2.37. The van der Waals surface area contributed by atoms with Crippen LogP contribution in [0.15, 0.2) is 273 Å². The maximum atomic E-state index is 2.37. The van der Waals surface area contributed by atoms with Crippen molar-refractivity contribution in [3.8, 4) is 77.9 Å². The van der Waals surface area contributed by atoms with Gasteiger partial charge in [0.2, 0.25) is 0 Å². The highest BCUT2D eigenvalue weighted by atomic mass is 15.1. The summed E-state index contributed by atoms with van der Waals surface area (Å²) in [5, 5.41) is 2.51. The summed E-state index contributed by atoms with van der Waals surface area (Å²) in [6, 6.07) is 98.7. The Bertz CT molecular complexity index is 3370. The monoisotopic (exact) mass is 827 g/mol. The summed E-state index contributed by atoms with van der Waals surface area (Å²) >= 11 is 0. The summed E-state index contributed by atoms with van der Waals surface area (Å²) in [6.45, 7) is 0. The molecule has 0 aliphatic carbocycles. The Kier molecular flexibility index (Phi) is 10.7. The second kappa shape index (κ2) is 17.7. The van der Waals surface area contributed by atoms with Crippen LogP contribution in [0.3, 0.4) is 0 Å². The third-order valence-electron chi connectivity index (χ3n) is 12.5. The Hall–Kier alpha value is -8.52. The molecule has 11 aromatic rings. The molecular weight excluding hydrogens is 783 g/mol. The number of anilines is 3. The van der Waals surface area contributed by atoms with Crippen molar-refractivity contribution in [2.45, 2.75) is 0 Å². The fourth-order valence-electron chi connectivity index (χ4n) is 9.06. The molecule has 0 unspecified atom stereocenters. The zero-order valence-electron chi connectivity index (χ0n) is 35.9. The second-order valence-electron chi connectivity index (χ2n) is 16.6. The molecule has 11 aromatic carbocycles. The molecule has 0 saturated carbocycles. The highest BCUT2D eigenvalue weighted by molar-refractivity contribution is 5.89. The first kappa shape index (κ1) is 39.3. The van der Waals surface area contributed by atoms with Crippen molar-refractivity contribution in [1.29, 1.82) is 0 Å². The molecule has 0 aromatic heterocycles. The predicted molar refractivity (Wildman–Crippen MR) is 277 cm³/mol.